The molecule has 0 radical (unpaired) electrons. The van der Waals surface area contributed by atoms with E-state index in [0.717, 1.165) is 28.9 Å². The van der Waals surface area contributed by atoms with Crippen LogP contribution in [0.25, 0.3) is 16.9 Å². The van der Waals surface area contributed by atoms with Crippen LogP contribution in [-0.4, -0.2) is 63.4 Å². The zero-order chi connectivity index (χ0) is 27.5. The van der Waals surface area contributed by atoms with Crippen molar-refractivity contribution in [1.29, 1.82) is 0 Å². The summed E-state index contributed by atoms with van der Waals surface area (Å²) >= 11 is 0. The lowest BCUT2D eigenvalue weighted by Gasteiger charge is -2.21. The van der Waals surface area contributed by atoms with Gasteiger partial charge in [0.05, 0.1) is 30.6 Å². The molecule has 0 aliphatic carbocycles. The van der Waals surface area contributed by atoms with E-state index in [1.807, 2.05) is 55.5 Å². The largest absolute Gasteiger partial charge is 0.383 e. The average molecular weight is 537 g/mol. The van der Waals surface area contributed by atoms with Gasteiger partial charge in [-0.25, -0.2) is 28.7 Å². The van der Waals surface area contributed by atoms with E-state index in [0.29, 0.717) is 36.8 Å². The Morgan fingerprint density at radius 2 is 1.97 bits per heavy atom. The van der Waals surface area contributed by atoms with Crippen LogP contribution in [0, 0.1) is 18.6 Å². The number of hydrazine groups is 1. The molecule has 1 aliphatic heterocycles. The Balaban J connectivity index is 1.42. The molecule has 2 aromatic carbocycles. The number of benzene rings is 2. The summed E-state index contributed by atoms with van der Waals surface area (Å²) < 4.78 is 36.2. The third-order valence-electron chi connectivity index (χ3n) is 6.66. The van der Waals surface area contributed by atoms with Crippen LogP contribution >= 0.6 is 0 Å². The Bertz CT molecular complexity index is 1460. The minimum Gasteiger partial charge on any atom is -0.383 e. The minimum atomic E-state index is -0.946. The number of rotatable bonds is 8. The number of amides is 2. The molecule has 39 heavy (non-hydrogen) atoms. The Morgan fingerprint density at radius 1 is 1.18 bits per heavy atom. The molecule has 4 aromatic rings. The maximum atomic E-state index is 14.1. The second-order valence-electron chi connectivity index (χ2n) is 9.40. The van der Waals surface area contributed by atoms with Gasteiger partial charge in [-0.3, -0.25) is 10.00 Å². The molecular formula is C27H30F2N8O2. The lowest BCUT2D eigenvalue weighted by molar-refractivity contribution is 0.133. The molecule has 0 bridgehead atoms. The third kappa shape index (κ3) is 5.67. The number of para-hydroxylation sites is 1. The standard InChI is InChI=1S/C27H30F2N8O2/c1-17-24(19-14-30-35(2)15-19)34-37(20-7-5-4-6-8-20)26(17)32-27(38)31-23-16-36(11-12-39-3)33-25(23)18-9-10-21(28)22(29)13-18/h4-10,13-15,23,25,33H,11-12,16H2,1-3H3,(H2,31,32,38)/t23-,25+/m1/s1. The zero-order valence-electron chi connectivity index (χ0n) is 21.9. The summed E-state index contributed by atoms with van der Waals surface area (Å²) in [5, 5.41) is 16.9. The van der Waals surface area contributed by atoms with E-state index in [-0.39, 0.29) is 0 Å². The molecular weight excluding hydrogens is 506 g/mol. The first-order chi connectivity index (χ1) is 18.8. The first-order valence-corrected chi connectivity index (χ1v) is 12.5. The lowest BCUT2D eigenvalue weighted by atomic mass is 10.0. The fraction of sp³-hybridized carbons (Fsp3) is 0.296. The molecule has 0 spiro atoms. The highest BCUT2D eigenvalue weighted by Crippen LogP contribution is 2.31. The van der Waals surface area contributed by atoms with Crippen LogP contribution in [0.2, 0.25) is 0 Å². The van der Waals surface area contributed by atoms with E-state index in [2.05, 4.69) is 21.2 Å². The second-order valence-corrected chi connectivity index (χ2v) is 9.40. The molecule has 0 unspecified atom stereocenters. The van der Waals surface area contributed by atoms with Crippen molar-refractivity contribution < 1.29 is 18.3 Å². The van der Waals surface area contributed by atoms with Crippen molar-refractivity contribution in [1.82, 2.24) is 35.3 Å². The van der Waals surface area contributed by atoms with Gasteiger partial charge in [-0.05, 0) is 36.8 Å². The van der Waals surface area contributed by atoms with E-state index < -0.39 is 29.7 Å². The third-order valence-corrected chi connectivity index (χ3v) is 6.66. The van der Waals surface area contributed by atoms with Gasteiger partial charge >= 0.3 is 6.03 Å². The van der Waals surface area contributed by atoms with Gasteiger partial charge in [0.25, 0.3) is 0 Å². The molecule has 2 amide bonds. The normalized spacial score (nSPS) is 17.5. The number of anilines is 1. The average Bonchev–Trinajstić information content (AvgIpc) is 3.62. The van der Waals surface area contributed by atoms with Crippen LogP contribution in [0.1, 0.15) is 17.2 Å². The second kappa shape index (κ2) is 11.3. The summed E-state index contributed by atoms with van der Waals surface area (Å²) in [6.45, 7) is 3.32. The molecule has 0 saturated carbocycles. The molecule has 2 atom stereocenters. The quantitative estimate of drug-likeness (QED) is 0.319. The van der Waals surface area contributed by atoms with E-state index in [1.54, 1.807) is 22.7 Å². The predicted molar refractivity (Wildman–Crippen MR) is 142 cm³/mol. The van der Waals surface area contributed by atoms with Crippen molar-refractivity contribution in [3.63, 3.8) is 0 Å². The number of hydrogen-bond donors (Lipinski definition) is 3. The highest BCUT2D eigenvalue weighted by atomic mass is 19.2. The van der Waals surface area contributed by atoms with Gasteiger partial charge < -0.3 is 10.1 Å². The monoisotopic (exact) mass is 536 g/mol. The molecule has 1 fully saturated rings. The molecule has 1 aliphatic rings. The molecule has 1 saturated heterocycles. The zero-order valence-corrected chi connectivity index (χ0v) is 21.9. The van der Waals surface area contributed by atoms with Gasteiger partial charge in [-0.2, -0.15) is 10.2 Å². The van der Waals surface area contributed by atoms with Crippen molar-refractivity contribution in [2.75, 3.05) is 32.1 Å². The number of halogens is 2. The Hall–Kier alpha value is -4.13. The van der Waals surface area contributed by atoms with Gasteiger partial charge in [0.15, 0.2) is 11.6 Å². The minimum absolute atomic E-state index is 0.429. The van der Waals surface area contributed by atoms with Gasteiger partial charge in [0.2, 0.25) is 0 Å². The fourth-order valence-electron chi connectivity index (χ4n) is 4.71. The van der Waals surface area contributed by atoms with Crippen LogP contribution < -0.4 is 16.1 Å². The molecule has 204 valence electrons. The number of carbonyl (C=O) groups is 1. The van der Waals surface area contributed by atoms with Crippen molar-refractivity contribution >= 4 is 11.8 Å². The summed E-state index contributed by atoms with van der Waals surface area (Å²) in [5.74, 6) is -1.37. The number of nitrogens with zero attached hydrogens (tertiary/aromatic N) is 5. The summed E-state index contributed by atoms with van der Waals surface area (Å²) in [6, 6.07) is 11.9. The summed E-state index contributed by atoms with van der Waals surface area (Å²) in [7, 11) is 3.43. The summed E-state index contributed by atoms with van der Waals surface area (Å²) in [5.41, 5.74) is 6.85. The number of urea groups is 1. The molecule has 5 rings (SSSR count). The number of methoxy groups -OCH3 is 1. The van der Waals surface area contributed by atoms with Crippen molar-refractivity contribution in [3.05, 3.63) is 83.7 Å². The highest BCUT2D eigenvalue weighted by molar-refractivity contribution is 5.91. The number of ether oxygens (including phenoxy) is 1. The van der Waals surface area contributed by atoms with E-state index in [9.17, 15) is 13.6 Å². The van der Waals surface area contributed by atoms with Gasteiger partial charge in [0.1, 0.15) is 11.5 Å². The number of carbonyl (C=O) groups excluding carboxylic acids is 1. The molecule has 3 heterocycles. The topological polar surface area (TPSA) is 101 Å². The van der Waals surface area contributed by atoms with Crippen molar-refractivity contribution in [3.8, 4) is 16.9 Å². The van der Waals surface area contributed by atoms with Crippen LogP contribution in [-0.2, 0) is 11.8 Å². The number of aryl methyl sites for hydroxylation is 1. The van der Waals surface area contributed by atoms with E-state index in [1.165, 1.54) is 6.07 Å². The van der Waals surface area contributed by atoms with Crippen LogP contribution in [0.4, 0.5) is 19.4 Å². The molecule has 10 nitrogen and oxygen atoms in total. The van der Waals surface area contributed by atoms with Crippen molar-refractivity contribution in [2.45, 2.75) is 19.0 Å². The van der Waals surface area contributed by atoms with E-state index >= 15 is 0 Å². The van der Waals surface area contributed by atoms with Crippen molar-refractivity contribution in [2.24, 2.45) is 7.05 Å². The Morgan fingerprint density at radius 3 is 2.67 bits per heavy atom. The highest BCUT2D eigenvalue weighted by Gasteiger charge is 2.35. The molecule has 12 heteroatoms. The summed E-state index contributed by atoms with van der Waals surface area (Å²) in [4.78, 5) is 13.4. The lowest BCUT2D eigenvalue weighted by Crippen LogP contribution is -2.43. The molecule has 2 aromatic heterocycles. The van der Waals surface area contributed by atoms with Crippen LogP contribution in [0.3, 0.4) is 0 Å². The first kappa shape index (κ1) is 26.5. The summed E-state index contributed by atoms with van der Waals surface area (Å²) in [6.07, 6.45) is 3.58. The van der Waals surface area contributed by atoms with Gasteiger partial charge in [0, 0.05) is 44.6 Å². The fourth-order valence-corrected chi connectivity index (χ4v) is 4.71. The van der Waals surface area contributed by atoms with Crippen LogP contribution in [0.15, 0.2) is 60.9 Å². The first-order valence-electron chi connectivity index (χ1n) is 12.5. The maximum Gasteiger partial charge on any atom is 0.320 e. The van der Waals surface area contributed by atoms with Gasteiger partial charge in [-0.15, -0.1) is 0 Å². The van der Waals surface area contributed by atoms with Crippen LogP contribution in [0.5, 0.6) is 0 Å². The molecule has 3 N–H and O–H groups in total. The SMILES string of the molecule is COCCN1C[C@@H](NC(=O)Nc2c(C)c(-c3cnn(C)c3)nn2-c2ccccc2)[C@H](c2ccc(F)c(F)c2)N1. The smallest absolute Gasteiger partial charge is 0.320 e. The van der Waals surface area contributed by atoms with Gasteiger partial charge in [-0.1, -0.05) is 24.3 Å². The Labute approximate surface area is 224 Å². The maximum absolute atomic E-state index is 14.1. The number of aromatic nitrogens is 4. The predicted octanol–water partition coefficient (Wildman–Crippen LogP) is 3.56. The number of nitrogens with one attached hydrogen (secondary N) is 3. The van der Waals surface area contributed by atoms with E-state index in [4.69, 9.17) is 9.84 Å². The number of hydrogen-bond acceptors (Lipinski definition) is 6. The Kier molecular flexibility index (Phi) is 7.68.